The van der Waals surface area contributed by atoms with Crippen LogP contribution >= 0.6 is 0 Å². The predicted molar refractivity (Wildman–Crippen MR) is 76.1 cm³/mol. The van der Waals surface area contributed by atoms with Gasteiger partial charge in [0.2, 0.25) is 0 Å². The third-order valence-corrected chi connectivity index (χ3v) is 2.66. The Bertz CT molecular complexity index is 521. The molecule has 0 radical (unpaired) electrons. The second-order valence-corrected chi connectivity index (χ2v) is 4.11. The highest BCUT2D eigenvalue weighted by molar-refractivity contribution is 5.52. The fourth-order valence-corrected chi connectivity index (χ4v) is 1.68. The van der Waals surface area contributed by atoms with Crippen molar-refractivity contribution < 1.29 is 0 Å². The number of nitrogens with one attached hydrogen (secondary N) is 1. The molecule has 18 heavy (non-hydrogen) atoms. The molecule has 0 atom stereocenters. The predicted octanol–water partition coefficient (Wildman–Crippen LogP) is 1.48. The Kier molecular flexibility index (Phi) is 3.52. The second kappa shape index (κ2) is 5.27. The normalized spacial score (nSPS) is 10.2. The van der Waals surface area contributed by atoms with Crippen LogP contribution in [0.1, 0.15) is 5.56 Å². The molecule has 0 aliphatic heterocycles. The molecule has 1 aromatic heterocycles. The minimum atomic E-state index is 0.531. The molecule has 0 fully saturated rings. The molecule has 0 unspecified atom stereocenters. The monoisotopic (exact) mass is 243 g/mol. The second-order valence-electron chi connectivity index (χ2n) is 4.11. The summed E-state index contributed by atoms with van der Waals surface area (Å²) < 4.78 is 0. The lowest BCUT2D eigenvalue weighted by molar-refractivity contribution is 1.01. The molecule has 1 aromatic carbocycles. The first-order valence-corrected chi connectivity index (χ1v) is 5.74. The molecule has 0 spiro atoms. The van der Waals surface area contributed by atoms with Gasteiger partial charge in [0, 0.05) is 17.9 Å². The molecule has 5 heteroatoms. The summed E-state index contributed by atoms with van der Waals surface area (Å²) in [5, 5.41) is 3.29. The maximum absolute atomic E-state index is 5.78. The first-order valence-electron chi connectivity index (χ1n) is 5.74. The van der Waals surface area contributed by atoms with Crippen molar-refractivity contribution in [3.63, 3.8) is 0 Å². The summed E-state index contributed by atoms with van der Waals surface area (Å²) in [4.78, 5) is 4.02. The van der Waals surface area contributed by atoms with E-state index in [1.807, 2.05) is 30.3 Å². The summed E-state index contributed by atoms with van der Waals surface area (Å²) in [5.41, 5.74) is 20.4. The summed E-state index contributed by atoms with van der Waals surface area (Å²) in [6.45, 7) is 0.763. The summed E-state index contributed by atoms with van der Waals surface area (Å²) in [6, 6.07) is 9.46. The molecule has 5 nitrogen and oxygen atoms in total. The van der Waals surface area contributed by atoms with E-state index >= 15 is 0 Å². The van der Waals surface area contributed by atoms with Crippen molar-refractivity contribution in [1.29, 1.82) is 0 Å². The molecular formula is C13H17N5. The maximum atomic E-state index is 5.78. The van der Waals surface area contributed by atoms with Gasteiger partial charge in [-0.25, -0.2) is 4.98 Å². The summed E-state index contributed by atoms with van der Waals surface area (Å²) in [7, 11) is 0. The van der Waals surface area contributed by atoms with Gasteiger partial charge in [-0.15, -0.1) is 0 Å². The van der Waals surface area contributed by atoms with E-state index in [1.165, 1.54) is 0 Å². The Morgan fingerprint density at radius 1 is 1.00 bits per heavy atom. The summed E-state index contributed by atoms with van der Waals surface area (Å²) >= 11 is 0. The van der Waals surface area contributed by atoms with Gasteiger partial charge in [0.05, 0.1) is 11.9 Å². The largest absolute Gasteiger partial charge is 0.399 e. The Balaban J connectivity index is 1.92. The smallest absolute Gasteiger partial charge is 0.126 e. The molecule has 1 heterocycles. The Labute approximate surface area is 106 Å². The Hall–Kier alpha value is -2.43. The van der Waals surface area contributed by atoms with Gasteiger partial charge in [-0.05, 0) is 42.3 Å². The molecule has 94 valence electrons. The van der Waals surface area contributed by atoms with Crippen molar-refractivity contribution in [3.8, 4) is 0 Å². The van der Waals surface area contributed by atoms with E-state index in [0.29, 0.717) is 11.5 Å². The number of anilines is 4. The molecule has 2 aromatic rings. The van der Waals surface area contributed by atoms with E-state index in [0.717, 1.165) is 29.9 Å². The zero-order chi connectivity index (χ0) is 13.0. The van der Waals surface area contributed by atoms with Gasteiger partial charge < -0.3 is 22.5 Å². The van der Waals surface area contributed by atoms with Crippen LogP contribution in [0.2, 0.25) is 0 Å². The fourth-order valence-electron chi connectivity index (χ4n) is 1.68. The van der Waals surface area contributed by atoms with E-state index in [9.17, 15) is 0 Å². The first kappa shape index (κ1) is 12.0. The van der Waals surface area contributed by atoms with Crippen molar-refractivity contribution in [2.45, 2.75) is 6.42 Å². The van der Waals surface area contributed by atoms with Gasteiger partial charge in [0.25, 0.3) is 0 Å². The Morgan fingerprint density at radius 3 is 2.44 bits per heavy atom. The van der Waals surface area contributed by atoms with Crippen molar-refractivity contribution in [2.24, 2.45) is 0 Å². The average molecular weight is 243 g/mol. The summed E-state index contributed by atoms with van der Waals surface area (Å²) in [5.74, 6) is 0.531. The third kappa shape index (κ3) is 3.04. The highest BCUT2D eigenvalue weighted by Gasteiger charge is 2.01. The number of nitrogens with zero attached hydrogens (tertiary/aromatic N) is 1. The van der Waals surface area contributed by atoms with Crippen molar-refractivity contribution in [3.05, 3.63) is 42.1 Å². The highest BCUT2D eigenvalue weighted by Crippen LogP contribution is 2.14. The van der Waals surface area contributed by atoms with Crippen LogP contribution in [0.5, 0.6) is 0 Å². The molecule has 0 aliphatic carbocycles. The molecule has 0 aliphatic rings. The quantitative estimate of drug-likeness (QED) is 0.609. The van der Waals surface area contributed by atoms with Gasteiger partial charge in [-0.1, -0.05) is 0 Å². The summed E-state index contributed by atoms with van der Waals surface area (Å²) in [6.07, 6.45) is 2.33. The van der Waals surface area contributed by atoms with Gasteiger partial charge in [0.1, 0.15) is 5.82 Å². The fraction of sp³-hybridized carbons (Fsp3) is 0.154. The van der Waals surface area contributed by atoms with E-state index in [-0.39, 0.29) is 0 Å². The standard InChI is InChI=1S/C13H17N5/c14-10-1-3-12(4-2-10)17-6-5-9-7-11(15)8-18-13(9)16/h1-4,7-8,17H,5-6,14-15H2,(H2,16,18). The number of nitrogens with two attached hydrogens (primary N) is 3. The van der Waals surface area contributed by atoms with E-state index in [2.05, 4.69) is 10.3 Å². The number of hydrogen-bond acceptors (Lipinski definition) is 5. The molecular weight excluding hydrogens is 226 g/mol. The lowest BCUT2D eigenvalue weighted by atomic mass is 10.1. The molecule has 2 rings (SSSR count). The van der Waals surface area contributed by atoms with Crippen LogP contribution in [-0.4, -0.2) is 11.5 Å². The van der Waals surface area contributed by atoms with Crippen molar-refractivity contribution >= 4 is 22.9 Å². The first-order chi connectivity index (χ1) is 8.65. The molecule has 0 bridgehead atoms. The van der Waals surface area contributed by atoms with E-state index < -0.39 is 0 Å². The van der Waals surface area contributed by atoms with Gasteiger partial charge in [-0.3, -0.25) is 0 Å². The SMILES string of the molecule is Nc1ccc(NCCc2cc(N)cnc2N)cc1. The van der Waals surface area contributed by atoms with E-state index in [1.54, 1.807) is 6.20 Å². The number of hydrogen-bond donors (Lipinski definition) is 4. The van der Waals surface area contributed by atoms with Gasteiger partial charge in [-0.2, -0.15) is 0 Å². The number of nitrogen functional groups attached to an aromatic ring is 3. The Morgan fingerprint density at radius 2 is 1.72 bits per heavy atom. The van der Waals surface area contributed by atoms with Crippen molar-refractivity contribution in [1.82, 2.24) is 4.98 Å². The van der Waals surface area contributed by atoms with Gasteiger partial charge in [0.15, 0.2) is 0 Å². The molecule has 0 saturated carbocycles. The highest BCUT2D eigenvalue weighted by atomic mass is 14.9. The van der Waals surface area contributed by atoms with Crippen LogP contribution in [0.4, 0.5) is 22.9 Å². The lowest BCUT2D eigenvalue weighted by Crippen LogP contribution is -2.08. The van der Waals surface area contributed by atoms with Crippen LogP contribution in [0.15, 0.2) is 36.5 Å². The number of rotatable bonds is 4. The minimum Gasteiger partial charge on any atom is -0.399 e. The molecule has 7 N–H and O–H groups in total. The van der Waals surface area contributed by atoms with Crippen LogP contribution < -0.4 is 22.5 Å². The zero-order valence-corrected chi connectivity index (χ0v) is 10.1. The number of benzene rings is 1. The van der Waals surface area contributed by atoms with Crippen LogP contribution in [0.3, 0.4) is 0 Å². The third-order valence-electron chi connectivity index (χ3n) is 2.66. The topological polar surface area (TPSA) is 103 Å². The van der Waals surface area contributed by atoms with Crippen LogP contribution in [-0.2, 0) is 6.42 Å². The zero-order valence-electron chi connectivity index (χ0n) is 10.1. The number of pyridine rings is 1. The van der Waals surface area contributed by atoms with Crippen LogP contribution in [0.25, 0.3) is 0 Å². The number of aromatic nitrogens is 1. The van der Waals surface area contributed by atoms with Crippen LogP contribution in [0, 0.1) is 0 Å². The van der Waals surface area contributed by atoms with Gasteiger partial charge >= 0.3 is 0 Å². The van der Waals surface area contributed by atoms with E-state index in [4.69, 9.17) is 17.2 Å². The average Bonchev–Trinajstić information content (AvgIpc) is 2.36. The van der Waals surface area contributed by atoms with Crippen molar-refractivity contribution in [2.75, 3.05) is 29.1 Å². The maximum Gasteiger partial charge on any atom is 0.126 e. The lowest BCUT2D eigenvalue weighted by Gasteiger charge is -2.08. The minimum absolute atomic E-state index is 0.531. The molecule has 0 saturated heterocycles. The molecule has 0 amide bonds.